The van der Waals surface area contributed by atoms with Crippen LogP contribution < -0.4 is 15.4 Å². The molecule has 0 saturated heterocycles. The number of nitrogens with one attached hydrogen (secondary N) is 2. The Hall–Kier alpha value is -2.34. The van der Waals surface area contributed by atoms with Crippen molar-refractivity contribution in [2.45, 2.75) is 39.3 Å². The summed E-state index contributed by atoms with van der Waals surface area (Å²) in [4.78, 5) is 25.7. The van der Waals surface area contributed by atoms with Crippen molar-refractivity contribution in [3.05, 3.63) is 63.6 Å². The minimum Gasteiger partial charge on any atom is -0.493 e. The Balaban J connectivity index is 1.75. The molecule has 1 aliphatic heterocycles. The lowest BCUT2D eigenvalue weighted by Gasteiger charge is -2.30. The summed E-state index contributed by atoms with van der Waals surface area (Å²) in [7, 11) is 0. The Morgan fingerprint density at radius 2 is 1.93 bits per heavy atom. The van der Waals surface area contributed by atoms with Crippen molar-refractivity contribution < 1.29 is 14.3 Å². The maximum absolute atomic E-state index is 13.0. The molecule has 0 aromatic heterocycles. The normalized spacial score (nSPS) is 16.7. The topological polar surface area (TPSA) is 67.4 Å². The molecule has 2 unspecified atom stereocenters. The van der Waals surface area contributed by atoms with E-state index in [1.165, 1.54) is 0 Å². The summed E-state index contributed by atoms with van der Waals surface area (Å²) in [6.45, 7) is 6.28. The largest absolute Gasteiger partial charge is 0.493 e. The Labute approximate surface area is 174 Å². The average Bonchev–Trinajstić information content (AvgIpc) is 2.66. The Morgan fingerprint density at radius 3 is 2.64 bits per heavy atom. The summed E-state index contributed by atoms with van der Waals surface area (Å²) in [5, 5.41) is 6.01. The lowest BCUT2D eigenvalue weighted by molar-refractivity contribution is -0.124. The number of hydrogen-bond acceptors (Lipinski definition) is 3. The van der Waals surface area contributed by atoms with Gasteiger partial charge in [0.2, 0.25) is 5.91 Å². The van der Waals surface area contributed by atoms with Crippen LogP contribution in [-0.2, 0) is 4.79 Å². The van der Waals surface area contributed by atoms with E-state index in [0.717, 1.165) is 21.3 Å². The van der Waals surface area contributed by atoms with Crippen LogP contribution in [0.25, 0.3) is 0 Å². The van der Waals surface area contributed by atoms with Crippen LogP contribution in [0.3, 0.4) is 0 Å². The molecule has 0 bridgehead atoms. The van der Waals surface area contributed by atoms with E-state index in [1.807, 2.05) is 57.2 Å². The number of carbonyl (C=O) groups is 2. The Bertz CT molecular complexity index is 882. The summed E-state index contributed by atoms with van der Waals surface area (Å²) in [6, 6.07) is 12.4. The SMILES string of the molecule is Cc1ccccc1C(=O)NC(C(=O)NC1CCOc2ccc(Br)cc21)C(C)C. The molecule has 0 spiro atoms. The van der Waals surface area contributed by atoms with Gasteiger partial charge in [-0.25, -0.2) is 0 Å². The van der Waals surface area contributed by atoms with E-state index < -0.39 is 6.04 Å². The van der Waals surface area contributed by atoms with Crippen molar-refractivity contribution in [1.29, 1.82) is 0 Å². The van der Waals surface area contributed by atoms with Crippen LogP contribution in [0.5, 0.6) is 5.75 Å². The molecule has 0 fully saturated rings. The van der Waals surface area contributed by atoms with Crippen molar-refractivity contribution in [1.82, 2.24) is 10.6 Å². The van der Waals surface area contributed by atoms with Crippen LogP contribution in [-0.4, -0.2) is 24.5 Å². The average molecular weight is 445 g/mol. The van der Waals surface area contributed by atoms with Gasteiger partial charge in [-0.05, 0) is 42.7 Å². The zero-order valence-corrected chi connectivity index (χ0v) is 17.9. The molecule has 1 heterocycles. The van der Waals surface area contributed by atoms with Gasteiger partial charge in [0.15, 0.2) is 0 Å². The van der Waals surface area contributed by atoms with Crippen molar-refractivity contribution >= 4 is 27.7 Å². The second-order valence-corrected chi connectivity index (χ2v) is 8.31. The number of hydrogen-bond donors (Lipinski definition) is 2. The lowest BCUT2D eigenvalue weighted by atomic mass is 9.98. The van der Waals surface area contributed by atoms with E-state index in [9.17, 15) is 9.59 Å². The molecule has 28 heavy (non-hydrogen) atoms. The number of rotatable bonds is 5. The molecule has 0 saturated carbocycles. The fraction of sp³-hybridized carbons (Fsp3) is 0.364. The summed E-state index contributed by atoms with van der Waals surface area (Å²) in [6.07, 6.45) is 0.686. The van der Waals surface area contributed by atoms with E-state index in [4.69, 9.17) is 4.74 Å². The summed E-state index contributed by atoms with van der Waals surface area (Å²) >= 11 is 3.48. The quantitative estimate of drug-likeness (QED) is 0.727. The van der Waals surface area contributed by atoms with Gasteiger partial charge in [0.05, 0.1) is 12.6 Å². The molecule has 0 radical (unpaired) electrons. The third kappa shape index (κ3) is 4.55. The predicted octanol–water partition coefficient (Wildman–Crippen LogP) is 4.15. The van der Waals surface area contributed by atoms with E-state index in [0.29, 0.717) is 18.6 Å². The summed E-state index contributed by atoms with van der Waals surface area (Å²) < 4.78 is 6.63. The number of fused-ring (bicyclic) bond motifs is 1. The van der Waals surface area contributed by atoms with Crippen molar-refractivity contribution in [3.8, 4) is 5.75 Å². The third-order valence-corrected chi connectivity index (χ3v) is 5.45. The van der Waals surface area contributed by atoms with Crippen LogP contribution in [0.2, 0.25) is 0 Å². The molecular formula is C22H25BrN2O3. The number of carbonyl (C=O) groups excluding carboxylic acids is 2. The number of aryl methyl sites for hydroxylation is 1. The molecular weight excluding hydrogens is 420 g/mol. The van der Waals surface area contributed by atoms with Gasteiger partial charge in [-0.3, -0.25) is 9.59 Å². The first kappa shape index (κ1) is 20.4. The summed E-state index contributed by atoms with van der Waals surface area (Å²) in [5.41, 5.74) is 2.41. The van der Waals surface area contributed by atoms with Gasteiger partial charge < -0.3 is 15.4 Å². The molecule has 2 amide bonds. The fourth-order valence-electron chi connectivity index (χ4n) is 3.36. The van der Waals surface area contributed by atoms with E-state index in [1.54, 1.807) is 6.07 Å². The van der Waals surface area contributed by atoms with Crippen LogP contribution >= 0.6 is 15.9 Å². The first-order chi connectivity index (χ1) is 13.4. The van der Waals surface area contributed by atoms with Gasteiger partial charge in [-0.1, -0.05) is 48.0 Å². The fourth-order valence-corrected chi connectivity index (χ4v) is 3.74. The molecule has 2 atom stereocenters. The van der Waals surface area contributed by atoms with Gasteiger partial charge in [0, 0.05) is 22.0 Å². The van der Waals surface area contributed by atoms with Gasteiger partial charge >= 0.3 is 0 Å². The first-order valence-electron chi connectivity index (χ1n) is 9.46. The van der Waals surface area contributed by atoms with Crippen LogP contribution in [0.1, 0.15) is 47.8 Å². The van der Waals surface area contributed by atoms with Crippen molar-refractivity contribution in [3.63, 3.8) is 0 Å². The molecule has 5 nitrogen and oxygen atoms in total. The summed E-state index contributed by atoms with van der Waals surface area (Å²) in [5.74, 6) is 0.316. The molecule has 148 valence electrons. The zero-order valence-electron chi connectivity index (χ0n) is 16.3. The standard InChI is InChI=1S/C22H25BrN2O3/c1-13(2)20(25-21(26)16-7-5-4-6-14(16)3)22(27)24-18-10-11-28-19-9-8-15(23)12-17(18)19/h4-9,12-13,18,20H,10-11H2,1-3H3,(H,24,27)(H,25,26). The van der Waals surface area contributed by atoms with E-state index in [-0.39, 0.29) is 23.8 Å². The van der Waals surface area contributed by atoms with Gasteiger partial charge in [-0.15, -0.1) is 0 Å². The molecule has 2 aromatic carbocycles. The molecule has 6 heteroatoms. The van der Waals surface area contributed by atoms with E-state index >= 15 is 0 Å². The highest BCUT2D eigenvalue weighted by molar-refractivity contribution is 9.10. The number of halogens is 1. The second kappa shape index (κ2) is 8.78. The zero-order chi connectivity index (χ0) is 20.3. The van der Waals surface area contributed by atoms with Crippen molar-refractivity contribution in [2.75, 3.05) is 6.61 Å². The van der Waals surface area contributed by atoms with Crippen LogP contribution in [0.15, 0.2) is 46.9 Å². The number of benzene rings is 2. The van der Waals surface area contributed by atoms with Crippen LogP contribution in [0.4, 0.5) is 0 Å². The van der Waals surface area contributed by atoms with Gasteiger partial charge in [0.25, 0.3) is 5.91 Å². The minimum absolute atomic E-state index is 0.0465. The first-order valence-corrected chi connectivity index (χ1v) is 10.2. The number of amides is 2. The smallest absolute Gasteiger partial charge is 0.252 e. The van der Waals surface area contributed by atoms with Gasteiger partial charge in [0.1, 0.15) is 11.8 Å². The molecule has 3 rings (SSSR count). The van der Waals surface area contributed by atoms with Crippen molar-refractivity contribution in [2.24, 2.45) is 5.92 Å². The van der Waals surface area contributed by atoms with E-state index in [2.05, 4.69) is 26.6 Å². The maximum atomic E-state index is 13.0. The molecule has 1 aliphatic rings. The second-order valence-electron chi connectivity index (χ2n) is 7.39. The molecule has 2 aromatic rings. The molecule has 2 N–H and O–H groups in total. The maximum Gasteiger partial charge on any atom is 0.252 e. The highest BCUT2D eigenvalue weighted by Crippen LogP contribution is 2.34. The van der Waals surface area contributed by atoms with Crippen LogP contribution in [0, 0.1) is 12.8 Å². The lowest BCUT2D eigenvalue weighted by Crippen LogP contribution is -2.51. The highest BCUT2D eigenvalue weighted by Gasteiger charge is 2.29. The third-order valence-electron chi connectivity index (χ3n) is 4.95. The minimum atomic E-state index is -0.620. The predicted molar refractivity (Wildman–Crippen MR) is 112 cm³/mol. The Kier molecular flexibility index (Phi) is 6.39. The monoisotopic (exact) mass is 444 g/mol. The highest BCUT2D eigenvalue weighted by atomic mass is 79.9. The number of ether oxygens (including phenoxy) is 1. The van der Waals surface area contributed by atoms with Gasteiger partial charge in [-0.2, -0.15) is 0 Å². The Morgan fingerprint density at radius 1 is 1.18 bits per heavy atom. The molecule has 0 aliphatic carbocycles.